The molecule has 0 unspecified atom stereocenters. The van der Waals surface area contributed by atoms with Crippen molar-refractivity contribution in [2.24, 2.45) is 0 Å². The zero-order chi connectivity index (χ0) is 21.5. The summed E-state index contributed by atoms with van der Waals surface area (Å²) in [6.07, 6.45) is 3.01. The molecule has 3 heterocycles. The molecule has 4 rings (SSSR count). The smallest absolute Gasteiger partial charge is 0.262 e. The number of pyridine rings is 2. The van der Waals surface area contributed by atoms with Crippen molar-refractivity contribution in [3.63, 3.8) is 0 Å². The maximum atomic E-state index is 13.0. The standard InChI is InChI=1S/C20H19ClN6O2S/c1-20(2,3)13-6-8-15(9-7-13)30(28,29)25-16-11-14(21)12-23-19(16)27-17-5-4-10-22-18(17)24-26-27/h4-12,25H,1-3H3. The van der Waals surface area contributed by atoms with E-state index in [0.717, 1.165) is 5.56 Å². The molecular formula is C20H19ClN6O2S. The highest BCUT2D eigenvalue weighted by molar-refractivity contribution is 7.92. The van der Waals surface area contributed by atoms with E-state index < -0.39 is 10.0 Å². The number of benzene rings is 1. The van der Waals surface area contributed by atoms with Crippen molar-refractivity contribution in [1.82, 2.24) is 25.0 Å². The lowest BCUT2D eigenvalue weighted by Crippen LogP contribution is -2.17. The van der Waals surface area contributed by atoms with Gasteiger partial charge < -0.3 is 0 Å². The predicted octanol–water partition coefficient (Wildman–Crippen LogP) is 3.96. The molecular weight excluding hydrogens is 424 g/mol. The van der Waals surface area contributed by atoms with Crippen molar-refractivity contribution >= 4 is 38.5 Å². The summed E-state index contributed by atoms with van der Waals surface area (Å²) in [5.74, 6) is 0.241. The number of aromatic nitrogens is 5. The van der Waals surface area contributed by atoms with Crippen LogP contribution in [0.1, 0.15) is 26.3 Å². The van der Waals surface area contributed by atoms with Crippen molar-refractivity contribution in [3.8, 4) is 5.82 Å². The quantitative estimate of drug-likeness (QED) is 0.513. The number of sulfonamides is 1. The summed E-state index contributed by atoms with van der Waals surface area (Å²) in [6, 6.07) is 11.8. The van der Waals surface area contributed by atoms with Gasteiger partial charge in [0.05, 0.1) is 15.6 Å². The molecule has 8 nitrogen and oxygen atoms in total. The van der Waals surface area contributed by atoms with E-state index in [4.69, 9.17) is 11.6 Å². The van der Waals surface area contributed by atoms with Crippen LogP contribution in [0.2, 0.25) is 5.02 Å². The average Bonchev–Trinajstić information content (AvgIpc) is 3.11. The Morgan fingerprint density at radius 1 is 1.07 bits per heavy atom. The minimum Gasteiger partial charge on any atom is -0.276 e. The molecule has 1 N–H and O–H groups in total. The van der Waals surface area contributed by atoms with Crippen LogP contribution in [-0.4, -0.2) is 33.4 Å². The highest BCUT2D eigenvalue weighted by Crippen LogP contribution is 2.28. The van der Waals surface area contributed by atoms with Gasteiger partial charge in [0.2, 0.25) is 5.65 Å². The van der Waals surface area contributed by atoms with Gasteiger partial charge in [0.1, 0.15) is 5.52 Å². The molecule has 0 bridgehead atoms. The fourth-order valence-electron chi connectivity index (χ4n) is 2.94. The molecule has 4 aromatic rings. The number of hydrogen-bond acceptors (Lipinski definition) is 6. The summed E-state index contributed by atoms with van der Waals surface area (Å²) < 4.78 is 30.0. The van der Waals surface area contributed by atoms with E-state index in [-0.39, 0.29) is 26.8 Å². The molecule has 0 aliphatic rings. The van der Waals surface area contributed by atoms with Crippen LogP contribution in [0.15, 0.2) is 59.8 Å². The number of fused-ring (bicyclic) bond motifs is 1. The molecule has 30 heavy (non-hydrogen) atoms. The van der Waals surface area contributed by atoms with Crippen LogP contribution in [0.5, 0.6) is 0 Å². The minimum absolute atomic E-state index is 0.0814. The van der Waals surface area contributed by atoms with Crippen LogP contribution in [0.3, 0.4) is 0 Å². The number of hydrogen-bond donors (Lipinski definition) is 1. The van der Waals surface area contributed by atoms with E-state index in [2.05, 4.69) is 45.8 Å². The van der Waals surface area contributed by atoms with Crippen LogP contribution >= 0.6 is 11.6 Å². The Labute approximate surface area is 179 Å². The topological polar surface area (TPSA) is 103 Å². The average molecular weight is 443 g/mol. The molecule has 0 radical (unpaired) electrons. The van der Waals surface area contributed by atoms with E-state index in [1.807, 2.05) is 12.1 Å². The van der Waals surface area contributed by atoms with Gasteiger partial charge in [-0.25, -0.2) is 18.4 Å². The summed E-state index contributed by atoms with van der Waals surface area (Å²) in [6.45, 7) is 6.20. The van der Waals surface area contributed by atoms with E-state index in [1.54, 1.807) is 30.5 Å². The van der Waals surface area contributed by atoms with Crippen LogP contribution in [0.4, 0.5) is 5.69 Å². The van der Waals surface area contributed by atoms with E-state index >= 15 is 0 Å². The second-order valence-electron chi connectivity index (χ2n) is 7.75. The molecule has 0 spiro atoms. The first-order valence-electron chi connectivity index (χ1n) is 9.11. The molecule has 0 amide bonds. The van der Waals surface area contributed by atoms with Gasteiger partial charge in [-0.3, -0.25) is 4.72 Å². The van der Waals surface area contributed by atoms with Gasteiger partial charge in [-0.2, -0.15) is 4.68 Å². The molecule has 3 aromatic heterocycles. The molecule has 0 saturated carbocycles. The third-order valence-corrected chi connectivity index (χ3v) is 6.12. The van der Waals surface area contributed by atoms with Crippen molar-refractivity contribution in [3.05, 3.63) is 65.4 Å². The Morgan fingerprint density at radius 3 is 2.50 bits per heavy atom. The largest absolute Gasteiger partial charge is 0.276 e. The lowest BCUT2D eigenvalue weighted by atomic mass is 9.87. The lowest BCUT2D eigenvalue weighted by Gasteiger charge is -2.19. The fraction of sp³-hybridized carbons (Fsp3) is 0.200. The normalized spacial score (nSPS) is 12.3. The first-order valence-corrected chi connectivity index (χ1v) is 11.0. The molecule has 0 atom stereocenters. The van der Waals surface area contributed by atoms with Crippen molar-refractivity contribution in [1.29, 1.82) is 0 Å². The van der Waals surface area contributed by atoms with E-state index in [0.29, 0.717) is 11.2 Å². The Balaban J connectivity index is 1.75. The predicted molar refractivity (Wildman–Crippen MR) is 115 cm³/mol. The Hall–Kier alpha value is -3.04. The first-order chi connectivity index (χ1) is 14.1. The lowest BCUT2D eigenvalue weighted by molar-refractivity contribution is 0.587. The summed E-state index contributed by atoms with van der Waals surface area (Å²) in [7, 11) is -3.88. The highest BCUT2D eigenvalue weighted by Gasteiger charge is 2.21. The van der Waals surface area contributed by atoms with Crippen molar-refractivity contribution in [2.75, 3.05) is 4.72 Å². The maximum Gasteiger partial charge on any atom is 0.262 e. The molecule has 0 fully saturated rings. The number of nitrogens with zero attached hydrogens (tertiary/aromatic N) is 5. The molecule has 0 aliphatic heterocycles. The van der Waals surface area contributed by atoms with Gasteiger partial charge in [-0.1, -0.05) is 49.7 Å². The van der Waals surface area contributed by atoms with E-state index in [9.17, 15) is 8.42 Å². The first kappa shape index (κ1) is 20.2. The van der Waals surface area contributed by atoms with Gasteiger partial charge in [0.15, 0.2) is 5.82 Å². The maximum absolute atomic E-state index is 13.0. The third-order valence-electron chi connectivity index (χ3n) is 4.53. The number of halogens is 1. The van der Waals surface area contributed by atoms with Gasteiger partial charge in [-0.15, -0.1) is 5.10 Å². The van der Waals surface area contributed by atoms with Gasteiger partial charge >= 0.3 is 0 Å². The van der Waals surface area contributed by atoms with Gasteiger partial charge in [0, 0.05) is 12.4 Å². The molecule has 1 aromatic carbocycles. The molecule has 154 valence electrons. The zero-order valence-electron chi connectivity index (χ0n) is 16.5. The van der Waals surface area contributed by atoms with Crippen LogP contribution in [0.25, 0.3) is 17.0 Å². The monoisotopic (exact) mass is 442 g/mol. The van der Waals surface area contributed by atoms with Crippen molar-refractivity contribution in [2.45, 2.75) is 31.1 Å². The number of nitrogens with one attached hydrogen (secondary N) is 1. The second kappa shape index (κ2) is 7.33. The minimum atomic E-state index is -3.88. The van der Waals surface area contributed by atoms with Gasteiger partial charge in [0.25, 0.3) is 10.0 Å². The zero-order valence-corrected chi connectivity index (χ0v) is 18.1. The Bertz CT molecular complexity index is 1330. The van der Waals surface area contributed by atoms with Crippen LogP contribution < -0.4 is 4.72 Å². The molecule has 10 heteroatoms. The molecule has 0 saturated heterocycles. The highest BCUT2D eigenvalue weighted by atomic mass is 35.5. The summed E-state index contributed by atoms with van der Waals surface area (Å²) in [5, 5.41) is 8.34. The third kappa shape index (κ3) is 3.86. The van der Waals surface area contributed by atoms with Crippen molar-refractivity contribution < 1.29 is 8.42 Å². The molecule has 0 aliphatic carbocycles. The fourth-order valence-corrected chi connectivity index (χ4v) is 4.15. The Morgan fingerprint density at radius 2 is 1.80 bits per heavy atom. The number of anilines is 1. The number of rotatable bonds is 4. The summed E-state index contributed by atoms with van der Waals surface area (Å²) in [5.41, 5.74) is 2.14. The summed E-state index contributed by atoms with van der Waals surface area (Å²) in [4.78, 5) is 8.54. The van der Waals surface area contributed by atoms with E-state index in [1.165, 1.54) is 16.9 Å². The van der Waals surface area contributed by atoms with Crippen LogP contribution in [-0.2, 0) is 15.4 Å². The Kier molecular flexibility index (Phi) is 4.95. The van der Waals surface area contributed by atoms with Crippen LogP contribution in [0, 0.1) is 0 Å². The summed E-state index contributed by atoms with van der Waals surface area (Å²) >= 11 is 6.09. The van der Waals surface area contributed by atoms with Gasteiger partial charge in [-0.05, 0) is 41.3 Å². The SMILES string of the molecule is CC(C)(C)c1ccc(S(=O)(=O)Nc2cc(Cl)cnc2-n2nnc3ncccc32)cc1. The second-order valence-corrected chi connectivity index (χ2v) is 9.87.